The summed E-state index contributed by atoms with van der Waals surface area (Å²) in [5.74, 6) is -0.900. The maximum absolute atomic E-state index is 11.1. The summed E-state index contributed by atoms with van der Waals surface area (Å²) in [5.41, 5.74) is 5.08. The number of primary amides is 1. The van der Waals surface area contributed by atoms with Crippen LogP contribution in [0, 0.1) is 0 Å². The molecule has 1 aromatic heterocycles. The highest BCUT2D eigenvalue weighted by molar-refractivity contribution is 7.86. The van der Waals surface area contributed by atoms with Gasteiger partial charge in [0.1, 0.15) is 5.69 Å². The molecule has 7 heteroatoms. The first-order valence-electron chi connectivity index (χ1n) is 4.96. The molecule has 0 aliphatic heterocycles. The van der Waals surface area contributed by atoms with Crippen molar-refractivity contribution in [2.75, 3.05) is 6.26 Å². The Morgan fingerprint density at radius 1 is 1.33 bits per heavy atom. The van der Waals surface area contributed by atoms with Crippen molar-refractivity contribution in [3.63, 3.8) is 0 Å². The molecule has 0 aliphatic rings. The number of hydrogen-bond donors (Lipinski definition) is 1. The van der Waals surface area contributed by atoms with Crippen LogP contribution in [-0.2, 0) is 10.1 Å². The van der Waals surface area contributed by atoms with Gasteiger partial charge in [-0.25, -0.2) is 4.98 Å². The van der Waals surface area contributed by atoms with E-state index in [0.717, 1.165) is 6.26 Å². The number of carbonyl (C=O) groups is 1. The summed E-state index contributed by atoms with van der Waals surface area (Å²) in [6.45, 7) is 0. The fraction of sp³-hybridized carbons (Fsp3) is 0.0909. The number of benzene rings is 1. The Morgan fingerprint density at radius 3 is 2.61 bits per heavy atom. The van der Waals surface area contributed by atoms with Crippen LogP contribution in [0.4, 0.5) is 0 Å². The molecule has 0 spiro atoms. The van der Waals surface area contributed by atoms with E-state index in [4.69, 9.17) is 9.92 Å². The van der Waals surface area contributed by atoms with E-state index in [-0.39, 0.29) is 11.6 Å². The normalized spacial score (nSPS) is 11.4. The van der Waals surface area contributed by atoms with Gasteiger partial charge >= 0.3 is 10.1 Å². The van der Waals surface area contributed by atoms with Crippen LogP contribution in [0.1, 0.15) is 10.5 Å². The lowest BCUT2D eigenvalue weighted by molar-refractivity contribution is 0.0995. The molecule has 1 heterocycles. The third kappa shape index (κ3) is 2.57. The van der Waals surface area contributed by atoms with Gasteiger partial charge in [0.15, 0.2) is 0 Å². The number of nitrogens with two attached hydrogens (primary N) is 1. The minimum Gasteiger partial charge on any atom is -0.364 e. The first kappa shape index (κ1) is 12.3. The van der Waals surface area contributed by atoms with Gasteiger partial charge in [-0.3, -0.25) is 4.79 Å². The van der Waals surface area contributed by atoms with Crippen molar-refractivity contribution in [2.45, 2.75) is 0 Å². The summed E-state index contributed by atoms with van der Waals surface area (Å²) in [4.78, 5) is 14.9. The van der Waals surface area contributed by atoms with E-state index < -0.39 is 16.0 Å². The molecule has 0 unspecified atom stereocenters. The zero-order chi connectivity index (χ0) is 13.3. The van der Waals surface area contributed by atoms with Gasteiger partial charge in [-0.15, -0.1) is 0 Å². The van der Waals surface area contributed by atoms with Crippen LogP contribution in [0.2, 0.25) is 0 Å². The number of aromatic nitrogens is 1. The fourth-order valence-corrected chi connectivity index (χ4v) is 1.91. The van der Waals surface area contributed by atoms with E-state index >= 15 is 0 Å². The molecule has 0 radical (unpaired) electrons. The Hall–Kier alpha value is -2.15. The average Bonchev–Trinajstić information content (AvgIpc) is 2.26. The van der Waals surface area contributed by atoms with E-state index in [0.29, 0.717) is 10.8 Å². The first-order valence-corrected chi connectivity index (χ1v) is 6.77. The Balaban J connectivity index is 2.72. The van der Waals surface area contributed by atoms with Crippen molar-refractivity contribution in [3.8, 4) is 5.88 Å². The molecule has 0 atom stereocenters. The van der Waals surface area contributed by atoms with Gasteiger partial charge in [0.05, 0.1) is 6.26 Å². The van der Waals surface area contributed by atoms with Gasteiger partial charge in [-0.1, -0.05) is 18.2 Å². The molecular formula is C11H10N2O4S. The predicted octanol–water partition coefficient (Wildman–Crippen LogP) is 0.672. The number of nitrogens with zero attached hydrogens (tertiary/aromatic N) is 1. The van der Waals surface area contributed by atoms with Crippen molar-refractivity contribution in [1.29, 1.82) is 0 Å². The summed E-state index contributed by atoms with van der Waals surface area (Å²) in [7, 11) is -3.73. The van der Waals surface area contributed by atoms with E-state index in [1.54, 1.807) is 24.3 Å². The van der Waals surface area contributed by atoms with Crippen molar-refractivity contribution >= 4 is 26.8 Å². The summed E-state index contributed by atoms with van der Waals surface area (Å²) >= 11 is 0. The Bertz CT molecular complexity index is 725. The molecule has 0 saturated heterocycles. The summed E-state index contributed by atoms with van der Waals surface area (Å²) in [6, 6.07) is 8.29. The zero-order valence-electron chi connectivity index (χ0n) is 9.45. The lowest BCUT2D eigenvalue weighted by atomic mass is 10.1. The number of hydrogen-bond acceptors (Lipinski definition) is 5. The maximum atomic E-state index is 11.1. The predicted molar refractivity (Wildman–Crippen MR) is 65.7 cm³/mol. The second-order valence-corrected chi connectivity index (χ2v) is 5.26. The maximum Gasteiger partial charge on any atom is 0.307 e. The minimum atomic E-state index is -3.73. The molecule has 0 fully saturated rings. The molecule has 2 N–H and O–H groups in total. The molecular weight excluding hydrogens is 256 g/mol. The molecule has 1 amide bonds. The summed E-state index contributed by atoms with van der Waals surface area (Å²) < 4.78 is 27.1. The average molecular weight is 266 g/mol. The molecule has 6 nitrogen and oxygen atoms in total. The quantitative estimate of drug-likeness (QED) is 0.823. The van der Waals surface area contributed by atoms with Crippen molar-refractivity contribution in [2.24, 2.45) is 5.73 Å². The van der Waals surface area contributed by atoms with E-state index in [2.05, 4.69) is 4.98 Å². The van der Waals surface area contributed by atoms with Gasteiger partial charge in [-0.05, 0) is 17.5 Å². The molecule has 0 aliphatic carbocycles. The Morgan fingerprint density at radius 2 is 2.00 bits per heavy atom. The van der Waals surface area contributed by atoms with Gasteiger partial charge < -0.3 is 9.92 Å². The van der Waals surface area contributed by atoms with Crippen LogP contribution in [0.15, 0.2) is 30.3 Å². The molecule has 0 bridgehead atoms. The SMILES string of the molecule is CS(=O)(=O)Oc1nc(C(N)=O)cc2ccccc12. The van der Waals surface area contributed by atoms with Crippen LogP contribution in [0.3, 0.4) is 0 Å². The van der Waals surface area contributed by atoms with Crippen LogP contribution in [-0.4, -0.2) is 25.6 Å². The standard InChI is InChI=1S/C11H10N2O4S/c1-18(15,16)17-11-8-5-3-2-4-7(8)6-9(13-11)10(12)14/h2-6H,1H3,(H2,12,14). The molecule has 1 aromatic carbocycles. The largest absolute Gasteiger partial charge is 0.364 e. The summed E-state index contributed by atoms with van der Waals surface area (Å²) in [6.07, 6.45) is 0.903. The molecule has 94 valence electrons. The van der Waals surface area contributed by atoms with Gasteiger partial charge in [-0.2, -0.15) is 8.42 Å². The Kier molecular flexibility index (Phi) is 2.92. The molecule has 2 rings (SSSR count). The second-order valence-electron chi connectivity index (χ2n) is 3.69. The van der Waals surface area contributed by atoms with Crippen molar-refractivity contribution in [3.05, 3.63) is 36.0 Å². The van der Waals surface area contributed by atoms with Gasteiger partial charge in [0, 0.05) is 5.39 Å². The fourth-order valence-electron chi connectivity index (χ4n) is 1.50. The number of amides is 1. The smallest absolute Gasteiger partial charge is 0.307 e. The van der Waals surface area contributed by atoms with E-state index in [9.17, 15) is 13.2 Å². The number of carbonyl (C=O) groups excluding carboxylic acids is 1. The zero-order valence-corrected chi connectivity index (χ0v) is 10.3. The highest BCUT2D eigenvalue weighted by atomic mass is 32.2. The van der Waals surface area contributed by atoms with Crippen LogP contribution >= 0.6 is 0 Å². The lowest BCUT2D eigenvalue weighted by Crippen LogP contribution is -2.15. The Labute approximate surface area is 104 Å². The topological polar surface area (TPSA) is 99.3 Å². The minimum absolute atomic E-state index is 0.0487. The van der Waals surface area contributed by atoms with Crippen molar-refractivity contribution < 1.29 is 17.4 Å². The second kappa shape index (κ2) is 4.26. The highest BCUT2D eigenvalue weighted by Gasteiger charge is 2.14. The third-order valence-electron chi connectivity index (χ3n) is 2.19. The molecule has 2 aromatic rings. The van der Waals surface area contributed by atoms with Gasteiger partial charge in [0.25, 0.3) is 5.91 Å². The van der Waals surface area contributed by atoms with Crippen molar-refractivity contribution in [1.82, 2.24) is 4.98 Å². The first-order chi connectivity index (χ1) is 8.37. The highest BCUT2D eigenvalue weighted by Crippen LogP contribution is 2.25. The number of pyridine rings is 1. The van der Waals surface area contributed by atoms with Crippen LogP contribution in [0.5, 0.6) is 5.88 Å². The number of fused-ring (bicyclic) bond motifs is 1. The lowest BCUT2D eigenvalue weighted by Gasteiger charge is -2.07. The monoisotopic (exact) mass is 266 g/mol. The number of rotatable bonds is 3. The van der Waals surface area contributed by atoms with Crippen LogP contribution in [0.25, 0.3) is 10.8 Å². The van der Waals surface area contributed by atoms with Gasteiger partial charge in [0.2, 0.25) is 5.88 Å². The summed E-state index contributed by atoms with van der Waals surface area (Å²) in [5, 5.41) is 1.12. The molecule has 18 heavy (non-hydrogen) atoms. The van der Waals surface area contributed by atoms with E-state index in [1.807, 2.05) is 0 Å². The van der Waals surface area contributed by atoms with Crippen LogP contribution < -0.4 is 9.92 Å². The molecule has 0 saturated carbocycles. The van der Waals surface area contributed by atoms with E-state index in [1.165, 1.54) is 6.07 Å². The third-order valence-corrected chi connectivity index (χ3v) is 2.65.